The van der Waals surface area contributed by atoms with Gasteiger partial charge in [0, 0.05) is 18.8 Å². The van der Waals surface area contributed by atoms with Gasteiger partial charge in [-0.15, -0.1) is 0 Å². The highest BCUT2D eigenvalue weighted by Gasteiger charge is 2.34. The molecule has 0 radical (unpaired) electrons. The number of nitrogens with zero attached hydrogens (tertiary/aromatic N) is 2. The first-order chi connectivity index (χ1) is 13.2. The number of sulfonamides is 1. The molecule has 1 atom stereocenters. The van der Waals surface area contributed by atoms with Gasteiger partial charge in [-0.3, -0.25) is 0 Å². The van der Waals surface area contributed by atoms with Crippen molar-refractivity contribution in [3.63, 3.8) is 0 Å². The van der Waals surface area contributed by atoms with Gasteiger partial charge >= 0.3 is 6.18 Å². The minimum atomic E-state index is -4.50. The van der Waals surface area contributed by atoms with Gasteiger partial charge in [0.25, 0.3) is 0 Å². The van der Waals surface area contributed by atoms with Crippen molar-refractivity contribution >= 4 is 10.0 Å². The van der Waals surface area contributed by atoms with E-state index < -0.39 is 27.9 Å². The summed E-state index contributed by atoms with van der Waals surface area (Å²) in [7, 11) is -3.56. The van der Waals surface area contributed by atoms with E-state index in [-0.39, 0.29) is 31.3 Å². The monoisotopic (exact) mass is 416 g/mol. The molecule has 1 saturated heterocycles. The maximum absolute atomic E-state index is 12.8. The SMILES string of the molecule is O=S(=O)(CCOc1ccccc1)N1CC[C@H](Oc2cc(C(F)(F)F)ccn2)C1. The average Bonchev–Trinajstić information content (AvgIpc) is 3.11. The van der Waals surface area contributed by atoms with E-state index in [0.29, 0.717) is 12.2 Å². The van der Waals surface area contributed by atoms with Crippen LogP contribution in [0.3, 0.4) is 0 Å². The normalized spacial score (nSPS) is 18.2. The lowest BCUT2D eigenvalue weighted by atomic mass is 10.2. The van der Waals surface area contributed by atoms with Crippen molar-refractivity contribution in [3.8, 4) is 11.6 Å². The van der Waals surface area contributed by atoms with Crippen molar-refractivity contribution in [2.24, 2.45) is 0 Å². The lowest BCUT2D eigenvalue weighted by molar-refractivity contribution is -0.137. The Bertz CT molecular complexity index is 891. The average molecular weight is 416 g/mol. The molecule has 0 saturated carbocycles. The van der Waals surface area contributed by atoms with Crippen LogP contribution in [0, 0.1) is 0 Å². The number of aromatic nitrogens is 1. The van der Waals surface area contributed by atoms with Crippen molar-refractivity contribution in [1.29, 1.82) is 0 Å². The lowest BCUT2D eigenvalue weighted by Crippen LogP contribution is -2.34. The number of hydrogen-bond donors (Lipinski definition) is 0. The van der Waals surface area contributed by atoms with E-state index >= 15 is 0 Å². The summed E-state index contributed by atoms with van der Waals surface area (Å²) in [6.07, 6.45) is -3.66. The molecule has 0 N–H and O–H groups in total. The highest BCUT2D eigenvalue weighted by Crippen LogP contribution is 2.31. The van der Waals surface area contributed by atoms with Gasteiger partial charge in [0.15, 0.2) is 0 Å². The predicted octanol–water partition coefficient (Wildman–Crippen LogP) is 2.96. The molecular weight excluding hydrogens is 397 g/mol. The molecule has 3 rings (SSSR count). The van der Waals surface area contributed by atoms with Gasteiger partial charge in [0.2, 0.25) is 15.9 Å². The Morgan fingerprint density at radius 1 is 1.18 bits per heavy atom. The Morgan fingerprint density at radius 3 is 2.64 bits per heavy atom. The van der Waals surface area contributed by atoms with Crippen LogP contribution in [0.25, 0.3) is 0 Å². The third-order valence-corrected chi connectivity index (χ3v) is 6.00. The second kappa shape index (κ2) is 8.36. The third kappa shape index (κ3) is 5.35. The smallest absolute Gasteiger partial charge is 0.416 e. The maximum atomic E-state index is 12.8. The van der Waals surface area contributed by atoms with E-state index in [1.807, 2.05) is 6.07 Å². The van der Waals surface area contributed by atoms with Crippen molar-refractivity contribution < 1.29 is 31.1 Å². The highest BCUT2D eigenvalue weighted by molar-refractivity contribution is 7.89. The van der Waals surface area contributed by atoms with Gasteiger partial charge in [-0.2, -0.15) is 17.5 Å². The molecule has 1 aromatic carbocycles. The second-order valence-corrected chi connectivity index (χ2v) is 8.33. The zero-order chi connectivity index (χ0) is 20.2. The van der Waals surface area contributed by atoms with Crippen LogP contribution in [0.5, 0.6) is 11.6 Å². The van der Waals surface area contributed by atoms with E-state index in [1.54, 1.807) is 24.3 Å². The van der Waals surface area contributed by atoms with Crippen LogP contribution < -0.4 is 9.47 Å². The molecule has 6 nitrogen and oxygen atoms in total. The molecule has 2 heterocycles. The standard InChI is InChI=1S/C18H19F3N2O4S/c19-18(20,21)14-6-8-22-17(12-14)27-16-7-9-23(13-16)28(24,25)11-10-26-15-4-2-1-3-5-15/h1-6,8,12,16H,7,9-11,13H2/t16-/m0/s1. The summed E-state index contributed by atoms with van der Waals surface area (Å²) in [6, 6.07) is 10.5. The van der Waals surface area contributed by atoms with Crippen LogP contribution in [-0.4, -0.2) is 49.3 Å². The Kier molecular flexibility index (Phi) is 6.09. The van der Waals surface area contributed by atoms with Gasteiger partial charge in [-0.05, 0) is 24.6 Å². The van der Waals surface area contributed by atoms with Gasteiger partial charge in [0.05, 0.1) is 17.9 Å². The molecule has 1 aliphatic heterocycles. The summed E-state index contributed by atoms with van der Waals surface area (Å²) in [4.78, 5) is 3.78. The Hall–Kier alpha value is -2.33. The molecule has 0 amide bonds. The number of ether oxygens (including phenoxy) is 2. The van der Waals surface area contributed by atoms with Crippen LogP contribution >= 0.6 is 0 Å². The molecule has 152 valence electrons. The van der Waals surface area contributed by atoms with Crippen LogP contribution in [0.4, 0.5) is 13.2 Å². The number of hydrogen-bond acceptors (Lipinski definition) is 5. The Morgan fingerprint density at radius 2 is 1.93 bits per heavy atom. The molecule has 28 heavy (non-hydrogen) atoms. The zero-order valence-corrected chi connectivity index (χ0v) is 15.6. The molecule has 1 aromatic heterocycles. The molecule has 0 aliphatic carbocycles. The number of alkyl halides is 3. The summed E-state index contributed by atoms with van der Waals surface area (Å²) in [6.45, 7) is 0.298. The van der Waals surface area contributed by atoms with Crippen molar-refractivity contribution in [1.82, 2.24) is 9.29 Å². The number of pyridine rings is 1. The second-order valence-electron chi connectivity index (χ2n) is 6.24. The molecule has 1 fully saturated rings. The van der Waals surface area contributed by atoms with E-state index in [2.05, 4.69) is 4.98 Å². The van der Waals surface area contributed by atoms with E-state index in [9.17, 15) is 21.6 Å². The molecular formula is C18H19F3N2O4S. The summed E-state index contributed by atoms with van der Waals surface area (Å²) < 4.78 is 75.3. The fourth-order valence-corrected chi connectivity index (χ4v) is 4.11. The minimum Gasteiger partial charge on any atom is -0.492 e. The summed E-state index contributed by atoms with van der Waals surface area (Å²) in [5.41, 5.74) is -0.863. The van der Waals surface area contributed by atoms with Crippen molar-refractivity contribution in [3.05, 3.63) is 54.2 Å². The van der Waals surface area contributed by atoms with Gasteiger partial charge < -0.3 is 9.47 Å². The molecule has 0 unspecified atom stereocenters. The van der Waals surface area contributed by atoms with Gasteiger partial charge in [-0.25, -0.2) is 13.4 Å². The third-order valence-electron chi connectivity index (χ3n) is 4.20. The summed E-state index contributed by atoms with van der Waals surface area (Å²) >= 11 is 0. The number of halogens is 3. The number of para-hydroxylation sites is 1. The minimum absolute atomic E-state index is 0.00353. The number of benzene rings is 1. The van der Waals surface area contributed by atoms with Crippen LogP contribution in [0.2, 0.25) is 0 Å². The quantitative estimate of drug-likeness (QED) is 0.694. The molecule has 1 aliphatic rings. The lowest BCUT2D eigenvalue weighted by Gasteiger charge is -2.17. The van der Waals surface area contributed by atoms with Gasteiger partial charge in [-0.1, -0.05) is 18.2 Å². The van der Waals surface area contributed by atoms with Crippen LogP contribution in [-0.2, 0) is 16.2 Å². The van der Waals surface area contributed by atoms with E-state index in [4.69, 9.17) is 9.47 Å². The fourth-order valence-electron chi connectivity index (χ4n) is 2.78. The number of rotatable bonds is 7. The van der Waals surface area contributed by atoms with Crippen LogP contribution in [0.1, 0.15) is 12.0 Å². The molecule has 10 heteroatoms. The first-order valence-corrected chi connectivity index (χ1v) is 10.2. The van der Waals surface area contributed by atoms with Gasteiger partial charge in [0.1, 0.15) is 18.5 Å². The Labute approximate surface area is 161 Å². The highest BCUT2D eigenvalue weighted by atomic mass is 32.2. The Balaban J connectivity index is 1.53. The van der Waals surface area contributed by atoms with E-state index in [1.165, 1.54) is 4.31 Å². The molecule has 0 bridgehead atoms. The first kappa shape index (κ1) is 20.4. The first-order valence-electron chi connectivity index (χ1n) is 8.59. The van der Waals surface area contributed by atoms with E-state index in [0.717, 1.165) is 18.3 Å². The van der Waals surface area contributed by atoms with Crippen molar-refractivity contribution in [2.75, 3.05) is 25.4 Å². The fraction of sp³-hybridized carbons (Fsp3) is 0.389. The molecule has 0 spiro atoms. The van der Waals surface area contributed by atoms with Crippen molar-refractivity contribution in [2.45, 2.75) is 18.7 Å². The predicted molar refractivity (Wildman–Crippen MR) is 95.6 cm³/mol. The summed E-state index contributed by atoms with van der Waals surface area (Å²) in [5.74, 6) is 0.207. The summed E-state index contributed by atoms with van der Waals surface area (Å²) in [5, 5.41) is 0. The van der Waals surface area contributed by atoms with Crippen LogP contribution in [0.15, 0.2) is 48.7 Å². The molecule has 2 aromatic rings. The zero-order valence-electron chi connectivity index (χ0n) is 14.8. The topological polar surface area (TPSA) is 68.7 Å². The maximum Gasteiger partial charge on any atom is 0.416 e. The largest absolute Gasteiger partial charge is 0.492 e.